The second-order valence-electron chi connectivity index (χ2n) is 15.9. The summed E-state index contributed by atoms with van der Waals surface area (Å²) in [6, 6.07) is 31.1. The first-order valence-electron chi connectivity index (χ1n) is 21.4. The molecule has 332 valence electrons. The lowest BCUT2D eigenvalue weighted by atomic mass is 9.94. The Morgan fingerprint density at radius 2 is 1.35 bits per heavy atom. The minimum Gasteiger partial charge on any atom is -0.481 e. The third-order valence-electron chi connectivity index (χ3n) is 10.7. The average Bonchev–Trinajstić information content (AvgIpc) is 3.75. The molecule has 5 aromatic rings. The van der Waals surface area contributed by atoms with Crippen LogP contribution in [-0.2, 0) is 41.7 Å². The van der Waals surface area contributed by atoms with Crippen molar-refractivity contribution in [2.24, 2.45) is 11.8 Å². The van der Waals surface area contributed by atoms with Gasteiger partial charge in [-0.1, -0.05) is 137 Å². The van der Waals surface area contributed by atoms with Crippen LogP contribution < -0.4 is 5.53 Å². The Hall–Kier alpha value is -6.90. The van der Waals surface area contributed by atoms with Crippen LogP contribution in [0.15, 0.2) is 103 Å². The SMILES string of the molecule is CCCCC(=O)N(Cc1ccc(-c2ccccc2-c2nnn(NN(C(=O)CCC(=O)O)C(Cc3ccc(-c4ccccc4)cc3)C[C@@H](C)C(=O)OCC)n2)cc1)C(C(=O)O)C(C)C. The highest BCUT2D eigenvalue weighted by molar-refractivity contribution is 5.84. The standard InChI is InChI=1S/C48H57N7O8/c1-6-8-18-42(56)53(45(32(3)4)47(60)61)31-35-21-25-38(26-22-35)40-16-12-13-17-41(40)46-49-51-55(50-46)52-54(43(57)27-28-44(58)59)39(29-33(5)48(62)63-7-2)30-34-19-23-37(24-20-34)36-14-10-9-11-15-36/h9-17,19-26,32-33,39,45,52H,6-8,18,27-31H2,1-5H3,(H,58,59)(H,60,61)/t33-,39?,45?/m1/s1. The Kier molecular flexibility index (Phi) is 17.1. The zero-order chi connectivity index (χ0) is 45.5. The fourth-order valence-corrected chi connectivity index (χ4v) is 7.45. The zero-order valence-electron chi connectivity index (χ0n) is 36.5. The first-order valence-corrected chi connectivity index (χ1v) is 21.4. The van der Waals surface area contributed by atoms with Gasteiger partial charge >= 0.3 is 17.9 Å². The first kappa shape index (κ1) is 47.2. The van der Waals surface area contributed by atoms with E-state index in [2.05, 4.69) is 20.9 Å². The van der Waals surface area contributed by atoms with Crippen LogP contribution in [0.5, 0.6) is 0 Å². The van der Waals surface area contributed by atoms with Crippen LogP contribution in [0.3, 0.4) is 0 Å². The van der Waals surface area contributed by atoms with E-state index in [1.807, 2.05) is 110 Å². The van der Waals surface area contributed by atoms with Crippen molar-refractivity contribution in [3.8, 4) is 33.6 Å². The molecule has 4 aromatic carbocycles. The molecule has 0 aliphatic rings. The van der Waals surface area contributed by atoms with Gasteiger partial charge in [0.05, 0.1) is 25.0 Å². The Morgan fingerprint density at radius 3 is 1.97 bits per heavy atom. The Balaban J connectivity index is 1.43. The molecule has 0 aliphatic carbocycles. The maximum atomic E-state index is 13.9. The number of benzene rings is 4. The third-order valence-corrected chi connectivity index (χ3v) is 10.7. The predicted molar refractivity (Wildman–Crippen MR) is 238 cm³/mol. The number of aromatic nitrogens is 4. The molecule has 1 heterocycles. The normalized spacial score (nSPS) is 12.5. The van der Waals surface area contributed by atoms with Crippen molar-refractivity contribution >= 4 is 29.7 Å². The molecule has 0 saturated heterocycles. The number of unbranched alkanes of at least 4 members (excludes halogenated alkanes) is 1. The van der Waals surface area contributed by atoms with Gasteiger partial charge < -0.3 is 19.8 Å². The van der Waals surface area contributed by atoms with E-state index >= 15 is 0 Å². The number of hydrogen-bond donors (Lipinski definition) is 3. The minimum atomic E-state index is -1.14. The molecule has 15 nitrogen and oxygen atoms in total. The summed E-state index contributed by atoms with van der Waals surface area (Å²) >= 11 is 0. The summed E-state index contributed by atoms with van der Waals surface area (Å²) in [5.74, 6) is -4.04. The summed E-state index contributed by atoms with van der Waals surface area (Å²) in [5.41, 5.74) is 8.84. The van der Waals surface area contributed by atoms with Crippen molar-refractivity contribution in [1.29, 1.82) is 0 Å². The van der Waals surface area contributed by atoms with E-state index in [-0.39, 0.29) is 50.1 Å². The Bertz CT molecular complexity index is 2300. The Morgan fingerprint density at radius 1 is 0.730 bits per heavy atom. The third kappa shape index (κ3) is 13.1. The summed E-state index contributed by atoms with van der Waals surface area (Å²) in [6.07, 6.45) is 1.47. The summed E-state index contributed by atoms with van der Waals surface area (Å²) in [4.78, 5) is 66.5. The van der Waals surface area contributed by atoms with Gasteiger partial charge in [0, 0.05) is 24.9 Å². The minimum absolute atomic E-state index is 0.140. The summed E-state index contributed by atoms with van der Waals surface area (Å²) < 4.78 is 5.31. The Labute approximate surface area is 368 Å². The summed E-state index contributed by atoms with van der Waals surface area (Å²) in [6.45, 7) is 9.35. The molecule has 0 saturated carbocycles. The van der Waals surface area contributed by atoms with Gasteiger partial charge in [0.15, 0.2) is 0 Å². The van der Waals surface area contributed by atoms with E-state index in [9.17, 15) is 34.2 Å². The lowest BCUT2D eigenvalue weighted by molar-refractivity contribution is -0.153. The topological polar surface area (TPSA) is 197 Å². The second kappa shape index (κ2) is 22.8. The van der Waals surface area contributed by atoms with Crippen LogP contribution >= 0.6 is 0 Å². The molecule has 0 radical (unpaired) electrons. The number of rotatable bonds is 23. The van der Waals surface area contributed by atoms with E-state index < -0.39 is 48.2 Å². The lowest BCUT2D eigenvalue weighted by Gasteiger charge is -2.33. The number of tetrazole rings is 1. The van der Waals surface area contributed by atoms with E-state index in [1.54, 1.807) is 27.7 Å². The van der Waals surface area contributed by atoms with Crippen molar-refractivity contribution in [1.82, 2.24) is 30.2 Å². The number of hydrazine groups is 1. The number of hydrogen-bond acceptors (Lipinski definition) is 10. The highest BCUT2D eigenvalue weighted by atomic mass is 16.5. The summed E-state index contributed by atoms with van der Waals surface area (Å²) in [7, 11) is 0. The van der Waals surface area contributed by atoms with Crippen LogP contribution in [0.25, 0.3) is 33.6 Å². The van der Waals surface area contributed by atoms with Crippen molar-refractivity contribution in [2.75, 3.05) is 12.1 Å². The van der Waals surface area contributed by atoms with Crippen LogP contribution in [0.1, 0.15) is 84.3 Å². The van der Waals surface area contributed by atoms with Gasteiger partial charge in [0.1, 0.15) is 6.04 Å². The number of amides is 2. The van der Waals surface area contributed by atoms with Gasteiger partial charge in [-0.3, -0.25) is 19.2 Å². The fraction of sp³-hybridized carbons (Fsp3) is 0.375. The molecule has 0 bridgehead atoms. The number of nitrogens with zero attached hydrogens (tertiary/aromatic N) is 6. The van der Waals surface area contributed by atoms with E-state index in [0.29, 0.717) is 18.4 Å². The number of carbonyl (C=O) groups is 5. The number of carboxylic acid groups (broad SMARTS) is 2. The van der Waals surface area contributed by atoms with E-state index in [0.717, 1.165) is 44.7 Å². The van der Waals surface area contributed by atoms with Crippen molar-refractivity contribution < 1.29 is 38.9 Å². The number of ether oxygens (including phenoxy) is 1. The molecule has 2 amide bonds. The molecule has 15 heteroatoms. The van der Waals surface area contributed by atoms with Gasteiger partial charge in [0.2, 0.25) is 17.6 Å². The van der Waals surface area contributed by atoms with Gasteiger partial charge in [-0.15, -0.1) is 10.2 Å². The molecular weight excluding hydrogens is 803 g/mol. The zero-order valence-corrected chi connectivity index (χ0v) is 36.5. The first-order chi connectivity index (χ1) is 30.3. The molecule has 0 aliphatic heterocycles. The number of nitrogens with one attached hydrogen (secondary N) is 1. The van der Waals surface area contributed by atoms with Crippen molar-refractivity contribution in [3.05, 3.63) is 114 Å². The molecule has 0 spiro atoms. The molecule has 1 aromatic heterocycles. The van der Waals surface area contributed by atoms with E-state index in [1.165, 1.54) is 9.91 Å². The van der Waals surface area contributed by atoms with Gasteiger partial charge in [-0.05, 0) is 75.6 Å². The number of carbonyl (C=O) groups excluding carboxylic acids is 3. The monoisotopic (exact) mass is 859 g/mol. The predicted octanol–water partition coefficient (Wildman–Crippen LogP) is 7.65. The number of carboxylic acids is 2. The average molecular weight is 860 g/mol. The van der Waals surface area contributed by atoms with Crippen LogP contribution in [0.4, 0.5) is 0 Å². The molecule has 3 N–H and O–H groups in total. The van der Waals surface area contributed by atoms with Crippen molar-refractivity contribution in [3.63, 3.8) is 0 Å². The number of esters is 1. The second-order valence-corrected chi connectivity index (χ2v) is 15.9. The largest absolute Gasteiger partial charge is 0.481 e. The highest BCUT2D eigenvalue weighted by Crippen LogP contribution is 2.31. The molecule has 2 unspecified atom stereocenters. The number of aliphatic carboxylic acids is 2. The van der Waals surface area contributed by atoms with Gasteiger partial charge in [-0.2, -0.15) is 5.53 Å². The molecule has 0 fully saturated rings. The van der Waals surface area contributed by atoms with Crippen LogP contribution in [0.2, 0.25) is 0 Å². The quantitative estimate of drug-likeness (QED) is 0.0429. The molecular formula is C48H57N7O8. The maximum Gasteiger partial charge on any atom is 0.326 e. The molecule has 5 rings (SSSR count). The highest BCUT2D eigenvalue weighted by Gasteiger charge is 2.33. The smallest absolute Gasteiger partial charge is 0.326 e. The van der Waals surface area contributed by atoms with E-state index in [4.69, 9.17) is 4.74 Å². The molecule has 63 heavy (non-hydrogen) atoms. The van der Waals surface area contributed by atoms with Crippen LogP contribution in [0, 0.1) is 11.8 Å². The van der Waals surface area contributed by atoms with Crippen molar-refractivity contribution in [2.45, 2.75) is 98.2 Å². The van der Waals surface area contributed by atoms with Gasteiger partial charge in [-0.25, -0.2) is 9.80 Å². The molecule has 3 atom stereocenters. The fourth-order valence-electron chi connectivity index (χ4n) is 7.45. The maximum absolute atomic E-state index is 13.9. The van der Waals surface area contributed by atoms with Gasteiger partial charge in [0.25, 0.3) is 0 Å². The summed E-state index contributed by atoms with van der Waals surface area (Å²) in [5, 5.41) is 34.0. The lowest BCUT2D eigenvalue weighted by Crippen LogP contribution is -2.50. The van der Waals surface area contributed by atoms with Crippen LogP contribution in [-0.4, -0.2) is 88.9 Å².